The zero-order valence-corrected chi connectivity index (χ0v) is 74.4. The summed E-state index contributed by atoms with van der Waals surface area (Å²) in [5.74, 6) is 4.08. The molecule has 0 radical (unpaired) electrons. The minimum atomic E-state index is -0.782. The van der Waals surface area contributed by atoms with Crippen LogP contribution in [0.4, 0.5) is 0 Å². The summed E-state index contributed by atoms with van der Waals surface area (Å²) >= 11 is 0. The molecule has 690 valence electrons. The number of methoxy groups -OCH3 is 16. The van der Waals surface area contributed by atoms with Gasteiger partial charge in [0.2, 0.25) is 0 Å². The molecule has 13 heterocycles. The van der Waals surface area contributed by atoms with E-state index in [0.717, 1.165) is 0 Å². The van der Waals surface area contributed by atoms with Crippen molar-refractivity contribution < 1.29 is 152 Å². The van der Waals surface area contributed by atoms with Gasteiger partial charge >= 0.3 is 0 Å². The van der Waals surface area contributed by atoms with Crippen LogP contribution in [0, 0.1) is 0 Å². The summed E-state index contributed by atoms with van der Waals surface area (Å²) in [6.07, 6.45) is -4.28. The lowest BCUT2D eigenvalue weighted by Gasteiger charge is -2.39. The number of benzene rings is 4. The van der Waals surface area contributed by atoms with E-state index in [0.29, 0.717) is 89.4 Å². The lowest BCUT2D eigenvalue weighted by atomic mass is 9.97. The Bertz CT molecular complexity index is 4530. The zero-order chi connectivity index (χ0) is 89.0. The molecule has 2 N–H and O–H groups in total. The lowest BCUT2D eigenvalue weighted by molar-refractivity contribution is -0.0588. The molecule has 7 aromatic rings. The highest BCUT2D eigenvalue weighted by molar-refractivity contribution is 6.06. The first-order chi connectivity index (χ1) is 62.7. The molecule has 17 rings (SSSR count). The standard InChI is InChI=1S/C92H110N4O32/c1-97-29-61-69(37-105-9)121-85-53(113-61)25-54-86(122-70(38-106-10)62(114-54)30-98-2)81(85)77-45-17-19-47(93-45)78(82-87-55(115-63(31-99-3)71(123-87)39-107-11)26-56-88(82)124-72(40-108-12)64(116-56)32-100-4)49-21-23-51(95-49)80(84-91-59(119-67(35-103-7)75(127-91)43-111-15)28-60-92(84)128-76(44-112-16)68(120-60)36-104-8)52-24-22-50(96-52)79(48-20-18-46(77)94-48)83-89-57(117-65(33-101-5)73(125-89)41-109-13)27-58-90(83)126-74(42-110-14)66(118-58)34-102-6/h17-28,61-76,93,96H,29-44H2,1-16H3. The van der Waals surface area contributed by atoms with Crippen molar-refractivity contribution in [2.45, 2.75) is 97.7 Å². The molecule has 0 aliphatic carbocycles. The quantitative estimate of drug-likeness (QED) is 0.0369. The van der Waals surface area contributed by atoms with Gasteiger partial charge in [0.05, 0.1) is 151 Å². The van der Waals surface area contributed by atoms with Gasteiger partial charge in [0.15, 0.2) is 190 Å². The molecule has 0 saturated heterocycles. The molecule has 16 atom stereocenters. The van der Waals surface area contributed by atoms with E-state index in [1.165, 1.54) is 0 Å². The van der Waals surface area contributed by atoms with Crippen LogP contribution in [-0.4, -0.2) is 337 Å². The van der Waals surface area contributed by atoms with Crippen molar-refractivity contribution in [2.75, 3.05) is 219 Å². The van der Waals surface area contributed by atoms with Gasteiger partial charge in [-0.25, -0.2) is 9.97 Å². The van der Waals surface area contributed by atoms with E-state index in [2.05, 4.69) is 9.97 Å². The van der Waals surface area contributed by atoms with Gasteiger partial charge < -0.3 is 162 Å². The topological polar surface area (TPSA) is 353 Å². The van der Waals surface area contributed by atoms with Gasteiger partial charge in [-0.15, -0.1) is 0 Å². The largest absolute Gasteiger partial charge is 0.480 e. The Morgan fingerprint density at radius 1 is 0.188 bits per heavy atom. The van der Waals surface area contributed by atoms with Gasteiger partial charge in [-0.1, -0.05) is 0 Å². The van der Waals surface area contributed by atoms with Crippen LogP contribution >= 0.6 is 0 Å². The molecule has 8 bridgehead atoms. The molecule has 0 amide bonds. The molecular weight excluding hydrogens is 1670 g/mol. The van der Waals surface area contributed by atoms with E-state index < -0.39 is 97.7 Å². The maximum Gasteiger partial charge on any atom is 0.173 e. The number of aromatic nitrogens is 4. The third-order valence-corrected chi connectivity index (χ3v) is 23.4. The number of aromatic amines is 2. The van der Waals surface area contributed by atoms with Crippen molar-refractivity contribution in [2.24, 2.45) is 0 Å². The maximum absolute atomic E-state index is 7.40. The van der Waals surface area contributed by atoms with E-state index in [1.807, 2.05) is 48.6 Å². The summed E-state index contributed by atoms with van der Waals surface area (Å²) in [7, 11) is 25.5. The average molecular weight is 1780 g/mol. The molecule has 16 unspecified atom stereocenters. The highest BCUT2D eigenvalue weighted by Gasteiger charge is 2.49. The first kappa shape index (κ1) is 89.6. The second-order valence-electron chi connectivity index (χ2n) is 31.9. The first-order valence-electron chi connectivity index (χ1n) is 42.2. The Balaban J connectivity index is 1.09. The number of fused-ring (bicyclic) bond motifs is 16. The minimum absolute atomic E-state index is 0.0620. The summed E-state index contributed by atoms with van der Waals surface area (Å²) in [6.45, 7) is 1.36. The fourth-order valence-corrected chi connectivity index (χ4v) is 17.8. The minimum Gasteiger partial charge on any atom is -0.480 e. The fourth-order valence-electron chi connectivity index (χ4n) is 17.8. The van der Waals surface area contributed by atoms with Gasteiger partial charge in [0, 0.05) is 182 Å². The second kappa shape index (κ2) is 39.9. The van der Waals surface area contributed by atoms with Crippen LogP contribution in [0.1, 0.15) is 22.8 Å². The molecule has 36 nitrogen and oxygen atoms in total. The van der Waals surface area contributed by atoms with Crippen LogP contribution in [-0.2, 0) is 75.8 Å². The molecule has 128 heavy (non-hydrogen) atoms. The number of nitrogens with one attached hydrogen (secondary N) is 2. The van der Waals surface area contributed by atoms with E-state index in [1.54, 1.807) is 138 Å². The Labute approximate surface area is 739 Å². The fraction of sp³-hybridized carbons (Fsp3) is 0.522. The third kappa shape index (κ3) is 17.2. The highest BCUT2D eigenvalue weighted by atomic mass is 16.7. The summed E-state index contributed by atoms with van der Waals surface area (Å²) in [6, 6.07) is 14.7. The molecule has 0 spiro atoms. The average Bonchev–Trinajstić information content (AvgIpc) is 1.49. The van der Waals surface area contributed by atoms with Crippen molar-refractivity contribution in [3.8, 4) is 136 Å². The van der Waals surface area contributed by atoms with Crippen LogP contribution in [0.25, 0.3) is 90.9 Å². The number of H-pyrrole nitrogens is 2. The first-order valence-corrected chi connectivity index (χ1v) is 42.2. The number of ether oxygens (including phenoxy) is 32. The van der Waals surface area contributed by atoms with E-state index in [4.69, 9.17) is 162 Å². The van der Waals surface area contributed by atoms with Crippen LogP contribution in [0.15, 0.2) is 48.5 Å². The van der Waals surface area contributed by atoms with Gasteiger partial charge in [-0.3, -0.25) is 0 Å². The Hall–Kier alpha value is -10.4. The SMILES string of the molecule is COCC1Oc2cc3c(c(-c4c5nc(c(-c6c7c(cc8c6OC(COC)C(COC)O8)OC(COC)C(COC)O7)c6ccc([nH]6)c(-c6c7c(cc8c6OC(COC)C(COC)O8)OC(COC)C(COC)O7)c6nc(c(-c7c8c(cc9c7OC(COC)C(COC)O9)OC(COC)C(COC)O8)c7ccc4[nH]7)C=C6)C=C5)c2OC1COC)OC(COC)C(COC)O3. The Kier molecular flexibility index (Phi) is 28.0. The Morgan fingerprint density at radius 2 is 0.312 bits per heavy atom. The molecule has 10 aliphatic rings. The zero-order valence-electron chi connectivity index (χ0n) is 74.4. The maximum atomic E-state index is 7.40. The molecule has 3 aromatic heterocycles. The van der Waals surface area contributed by atoms with Gasteiger partial charge in [-0.05, 0) is 48.6 Å². The van der Waals surface area contributed by atoms with Crippen LogP contribution < -0.4 is 75.8 Å². The summed E-state index contributed by atoms with van der Waals surface area (Å²) in [5, 5.41) is 0. The lowest BCUT2D eigenvalue weighted by Crippen LogP contribution is -2.47. The van der Waals surface area contributed by atoms with Gasteiger partial charge in [0.1, 0.15) is 0 Å². The molecular formula is C92H110N4O32. The van der Waals surface area contributed by atoms with Gasteiger partial charge in [0.25, 0.3) is 0 Å². The summed E-state index contributed by atoms with van der Waals surface area (Å²) in [4.78, 5) is 19.9. The third-order valence-electron chi connectivity index (χ3n) is 23.4. The molecule has 0 fully saturated rings. The number of hydrogen-bond acceptors (Lipinski definition) is 34. The van der Waals surface area contributed by atoms with Crippen LogP contribution in [0.5, 0.6) is 92.0 Å². The molecule has 36 heteroatoms. The second-order valence-corrected chi connectivity index (χ2v) is 31.9. The smallest absolute Gasteiger partial charge is 0.173 e. The monoisotopic (exact) mass is 1780 g/mol. The van der Waals surface area contributed by atoms with Crippen LogP contribution in [0.2, 0.25) is 0 Å². The van der Waals surface area contributed by atoms with Crippen molar-refractivity contribution in [1.82, 2.24) is 19.9 Å². The summed E-state index contributed by atoms with van der Waals surface area (Å²) in [5.41, 5.74) is 5.87. The predicted molar refractivity (Wildman–Crippen MR) is 461 cm³/mol. The molecule has 0 saturated carbocycles. The van der Waals surface area contributed by atoms with E-state index >= 15 is 0 Å². The van der Waals surface area contributed by atoms with Crippen molar-refractivity contribution >= 4 is 46.4 Å². The van der Waals surface area contributed by atoms with E-state index in [-0.39, 0.29) is 198 Å². The molecule has 4 aromatic carbocycles. The Morgan fingerprint density at radius 3 is 0.438 bits per heavy atom. The van der Waals surface area contributed by atoms with Crippen molar-refractivity contribution in [1.29, 1.82) is 0 Å². The summed E-state index contributed by atoms with van der Waals surface area (Å²) < 4.78 is 211. The van der Waals surface area contributed by atoms with E-state index in [9.17, 15) is 0 Å². The predicted octanol–water partition coefficient (Wildman–Crippen LogP) is 9.73. The normalized spacial score (nSPS) is 24.6. The highest BCUT2D eigenvalue weighted by Crippen LogP contribution is 2.63. The number of rotatable bonds is 36. The number of hydrogen-bond donors (Lipinski definition) is 2. The van der Waals surface area contributed by atoms with Crippen molar-refractivity contribution in [3.05, 3.63) is 71.3 Å². The van der Waals surface area contributed by atoms with Gasteiger partial charge in [-0.2, -0.15) is 0 Å². The number of nitrogens with zero attached hydrogens (tertiary/aromatic N) is 2. The molecule has 10 aliphatic heterocycles. The van der Waals surface area contributed by atoms with Crippen molar-refractivity contribution in [3.63, 3.8) is 0 Å². The van der Waals surface area contributed by atoms with Crippen LogP contribution in [0.3, 0.4) is 0 Å².